The summed E-state index contributed by atoms with van der Waals surface area (Å²) < 4.78 is 0. The highest BCUT2D eigenvalue weighted by Gasteiger charge is 1.92. The van der Waals surface area contributed by atoms with Gasteiger partial charge in [0.1, 0.15) is 0 Å². The SMILES string of the molecule is CCCCCCCCCCCCCC/C=[C]\O. The van der Waals surface area contributed by atoms with Crippen LogP contribution in [0.15, 0.2) is 6.08 Å². The second kappa shape index (κ2) is 15.5. The third-order valence-electron chi connectivity index (χ3n) is 3.29. The molecule has 0 aliphatic heterocycles. The second-order valence-corrected chi connectivity index (χ2v) is 5.01. The summed E-state index contributed by atoms with van der Waals surface area (Å²) in [6.45, 7) is 2.27. The van der Waals surface area contributed by atoms with Crippen molar-refractivity contribution in [3.8, 4) is 0 Å². The van der Waals surface area contributed by atoms with Gasteiger partial charge in [-0.05, 0) is 18.9 Å². The van der Waals surface area contributed by atoms with Crippen LogP contribution >= 0.6 is 0 Å². The number of aliphatic hydroxyl groups excluding tert-OH is 1. The van der Waals surface area contributed by atoms with Gasteiger partial charge in [-0.2, -0.15) is 0 Å². The third-order valence-corrected chi connectivity index (χ3v) is 3.29. The van der Waals surface area contributed by atoms with Gasteiger partial charge in [0.25, 0.3) is 0 Å². The summed E-state index contributed by atoms with van der Waals surface area (Å²) in [5.74, 6) is 0. The summed E-state index contributed by atoms with van der Waals surface area (Å²) in [7, 11) is 0. The van der Waals surface area contributed by atoms with E-state index in [1.807, 2.05) is 0 Å². The minimum Gasteiger partial charge on any atom is -0.504 e. The molecule has 0 aromatic rings. The Morgan fingerprint density at radius 2 is 1.12 bits per heavy atom. The average Bonchev–Trinajstić information content (AvgIpc) is 2.35. The Labute approximate surface area is 108 Å². The van der Waals surface area contributed by atoms with Crippen molar-refractivity contribution in [2.24, 2.45) is 0 Å². The largest absolute Gasteiger partial charge is 0.504 e. The molecule has 1 heteroatoms. The molecule has 1 nitrogen and oxygen atoms in total. The molecule has 0 aromatic carbocycles. The van der Waals surface area contributed by atoms with Crippen LogP contribution in [-0.4, -0.2) is 5.11 Å². The number of aliphatic hydroxyl groups is 1. The van der Waals surface area contributed by atoms with E-state index < -0.39 is 0 Å². The van der Waals surface area contributed by atoms with Crippen molar-refractivity contribution in [1.29, 1.82) is 0 Å². The first kappa shape index (κ1) is 16.5. The van der Waals surface area contributed by atoms with Crippen molar-refractivity contribution < 1.29 is 5.11 Å². The van der Waals surface area contributed by atoms with E-state index in [0.29, 0.717) is 0 Å². The summed E-state index contributed by atoms with van der Waals surface area (Å²) in [6, 6.07) is 0. The Morgan fingerprint density at radius 1 is 0.706 bits per heavy atom. The highest BCUT2D eigenvalue weighted by atomic mass is 16.2. The van der Waals surface area contributed by atoms with Crippen LogP contribution in [0.5, 0.6) is 0 Å². The van der Waals surface area contributed by atoms with Crippen molar-refractivity contribution in [1.82, 2.24) is 0 Å². The predicted octanol–water partition coefficient (Wildman–Crippen LogP) is 5.95. The summed E-state index contributed by atoms with van der Waals surface area (Å²) in [5, 5.41) is 8.34. The van der Waals surface area contributed by atoms with E-state index in [-0.39, 0.29) is 0 Å². The fourth-order valence-corrected chi connectivity index (χ4v) is 2.15. The molecule has 0 saturated carbocycles. The summed E-state index contributed by atoms with van der Waals surface area (Å²) >= 11 is 0. The monoisotopic (exact) mass is 239 g/mol. The van der Waals surface area contributed by atoms with Crippen molar-refractivity contribution in [3.63, 3.8) is 0 Å². The standard InChI is InChI=1S/C16H31O/c1-2-3-4-5-6-7-8-9-10-11-12-13-14-15-16-17/h15,17H,2-14H2,1H3. The van der Waals surface area contributed by atoms with Gasteiger partial charge in [-0.1, -0.05) is 77.6 Å². The number of rotatable bonds is 13. The van der Waals surface area contributed by atoms with Crippen LogP contribution in [0.3, 0.4) is 0 Å². The quantitative estimate of drug-likeness (QED) is 0.311. The van der Waals surface area contributed by atoms with E-state index in [0.717, 1.165) is 6.42 Å². The minimum absolute atomic E-state index is 0.980. The molecular formula is C16H31O. The number of hydrogen-bond donors (Lipinski definition) is 1. The highest BCUT2D eigenvalue weighted by molar-refractivity contribution is 4.65. The van der Waals surface area contributed by atoms with Gasteiger partial charge >= 0.3 is 0 Å². The molecule has 0 aromatic heterocycles. The first-order valence-corrected chi connectivity index (χ1v) is 7.63. The highest BCUT2D eigenvalue weighted by Crippen LogP contribution is 2.12. The third kappa shape index (κ3) is 15.5. The van der Waals surface area contributed by atoms with Gasteiger partial charge in [0.05, 0.1) is 0 Å². The minimum atomic E-state index is 0.980. The summed E-state index contributed by atoms with van der Waals surface area (Å²) in [6.07, 6.45) is 21.4. The van der Waals surface area contributed by atoms with Gasteiger partial charge in [0, 0.05) is 0 Å². The maximum atomic E-state index is 8.34. The average molecular weight is 239 g/mol. The number of allylic oxidation sites excluding steroid dienone is 1. The Balaban J connectivity index is 2.89. The molecule has 0 fully saturated rings. The molecule has 0 saturated heterocycles. The molecule has 0 unspecified atom stereocenters. The van der Waals surface area contributed by atoms with Crippen LogP contribution in [0.25, 0.3) is 0 Å². The van der Waals surface area contributed by atoms with Crippen molar-refractivity contribution in [3.05, 3.63) is 12.3 Å². The molecular weight excluding hydrogens is 208 g/mol. The molecule has 0 bridgehead atoms. The molecule has 101 valence electrons. The molecule has 0 heterocycles. The Morgan fingerprint density at radius 3 is 1.53 bits per heavy atom. The van der Waals surface area contributed by atoms with Crippen molar-refractivity contribution in [2.45, 2.75) is 90.4 Å². The first-order chi connectivity index (χ1) is 8.41. The Hall–Kier alpha value is -0.460. The normalized spacial score (nSPS) is 11.4. The van der Waals surface area contributed by atoms with Gasteiger partial charge in [0.15, 0.2) is 6.26 Å². The van der Waals surface area contributed by atoms with E-state index >= 15 is 0 Å². The zero-order valence-electron chi connectivity index (χ0n) is 11.7. The summed E-state index contributed by atoms with van der Waals surface area (Å²) in [5.41, 5.74) is 0. The molecule has 1 radical (unpaired) electrons. The Bertz CT molecular complexity index is 152. The van der Waals surface area contributed by atoms with Crippen LogP contribution in [0, 0.1) is 6.26 Å². The van der Waals surface area contributed by atoms with E-state index in [1.54, 1.807) is 6.08 Å². The molecule has 0 atom stereocenters. The maximum Gasteiger partial charge on any atom is 0.152 e. The molecule has 17 heavy (non-hydrogen) atoms. The van der Waals surface area contributed by atoms with Gasteiger partial charge in [-0.3, -0.25) is 0 Å². The van der Waals surface area contributed by atoms with E-state index in [4.69, 9.17) is 5.11 Å². The van der Waals surface area contributed by atoms with E-state index in [9.17, 15) is 0 Å². The van der Waals surface area contributed by atoms with Crippen LogP contribution in [0.1, 0.15) is 90.4 Å². The molecule has 0 amide bonds. The number of hydrogen-bond acceptors (Lipinski definition) is 1. The first-order valence-electron chi connectivity index (χ1n) is 7.63. The van der Waals surface area contributed by atoms with Crippen LogP contribution in [0.4, 0.5) is 0 Å². The smallest absolute Gasteiger partial charge is 0.152 e. The van der Waals surface area contributed by atoms with Crippen LogP contribution in [-0.2, 0) is 0 Å². The lowest BCUT2D eigenvalue weighted by molar-refractivity contribution is 0.438. The molecule has 0 aliphatic rings. The fraction of sp³-hybridized carbons (Fsp3) is 0.875. The van der Waals surface area contributed by atoms with Crippen LogP contribution < -0.4 is 0 Å². The predicted molar refractivity (Wildman–Crippen MR) is 76.1 cm³/mol. The lowest BCUT2D eigenvalue weighted by Crippen LogP contribution is -1.82. The second-order valence-electron chi connectivity index (χ2n) is 5.01. The number of unbranched alkanes of at least 4 members (excludes halogenated alkanes) is 12. The molecule has 0 aliphatic carbocycles. The van der Waals surface area contributed by atoms with Crippen molar-refractivity contribution in [2.75, 3.05) is 0 Å². The lowest BCUT2D eigenvalue weighted by Gasteiger charge is -2.02. The van der Waals surface area contributed by atoms with Crippen molar-refractivity contribution >= 4 is 0 Å². The molecule has 1 N–H and O–H groups in total. The fourth-order valence-electron chi connectivity index (χ4n) is 2.15. The topological polar surface area (TPSA) is 20.2 Å². The van der Waals surface area contributed by atoms with E-state index in [1.165, 1.54) is 77.0 Å². The van der Waals surface area contributed by atoms with Gasteiger partial charge in [-0.25, -0.2) is 0 Å². The van der Waals surface area contributed by atoms with Crippen LogP contribution in [0.2, 0.25) is 0 Å². The Kier molecular flexibility index (Phi) is 15.1. The van der Waals surface area contributed by atoms with Gasteiger partial charge in [0.2, 0.25) is 0 Å². The zero-order valence-corrected chi connectivity index (χ0v) is 11.7. The maximum absolute atomic E-state index is 8.34. The zero-order chi connectivity index (χ0) is 12.6. The van der Waals surface area contributed by atoms with Gasteiger partial charge in [-0.15, -0.1) is 0 Å². The van der Waals surface area contributed by atoms with E-state index in [2.05, 4.69) is 13.2 Å². The molecule has 0 rings (SSSR count). The molecule has 0 spiro atoms. The summed E-state index contributed by atoms with van der Waals surface area (Å²) in [4.78, 5) is 0. The lowest BCUT2D eigenvalue weighted by atomic mass is 10.0. The van der Waals surface area contributed by atoms with Gasteiger partial charge < -0.3 is 5.11 Å².